The first-order valence-electron chi connectivity index (χ1n) is 12.2. The molecule has 1 atom stereocenters. The van der Waals surface area contributed by atoms with Crippen molar-refractivity contribution < 1.29 is 19.4 Å². The van der Waals surface area contributed by atoms with Crippen LogP contribution in [0.4, 0.5) is 11.4 Å². The fourth-order valence-electron chi connectivity index (χ4n) is 5.07. The number of hydrogen-bond acceptors (Lipinski definition) is 6. The molecule has 1 unspecified atom stereocenters. The third kappa shape index (κ3) is 4.21. The predicted octanol–water partition coefficient (Wildman–Crippen LogP) is 5.02. The topological polar surface area (TPSA) is 83.0 Å². The van der Waals surface area contributed by atoms with Crippen molar-refractivity contribution in [3.8, 4) is 5.75 Å². The largest absolute Gasteiger partial charge is 0.507 e. The van der Waals surface area contributed by atoms with Gasteiger partial charge in [-0.2, -0.15) is 0 Å². The zero-order chi connectivity index (χ0) is 25.2. The first-order valence-corrected chi connectivity index (χ1v) is 12.2. The molecule has 0 saturated carbocycles. The number of aromatic nitrogens is 1. The Balaban J connectivity index is 1.60. The van der Waals surface area contributed by atoms with E-state index in [-0.39, 0.29) is 11.3 Å². The number of carbonyl (C=O) groups excluding carboxylic acids is 2. The van der Waals surface area contributed by atoms with Crippen molar-refractivity contribution in [1.29, 1.82) is 0 Å². The fourth-order valence-corrected chi connectivity index (χ4v) is 5.07. The smallest absolute Gasteiger partial charge is 0.300 e. The van der Waals surface area contributed by atoms with Gasteiger partial charge in [0.15, 0.2) is 0 Å². The number of amides is 1. The lowest BCUT2D eigenvalue weighted by Gasteiger charge is -2.30. The lowest BCUT2D eigenvalue weighted by atomic mass is 9.96. The summed E-state index contributed by atoms with van der Waals surface area (Å²) >= 11 is 0. The van der Waals surface area contributed by atoms with Gasteiger partial charge in [0.25, 0.3) is 11.7 Å². The molecule has 2 aromatic carbocycles. The number of pyridine rings is 1. The molecule has 1 amide bonds. The Morgan fingerprint density at radius 1 is 0.972 bits per heavy atom. The molecule has 7 nitrogen and oxygen atoms in total. The third-order valence-electron chi connectivity index (χ3n) is 6.95. The summed E-state index contributed by atoms with van der Waals surface area (Å²) in [5.41, 5.74) is 3.40. The van der Waals surface area contributed by atoms with E-state index in [0.717, 1.165) is 24.3 Å². The summed E-state index contributed by atoms with van der Waals surface area (Å²) in [7, 11) is 1.57. The van der Waals surface area contributed by atoms with Crippen molar-refractivity contribution in [2.45, 2.75) is 32.2 Å². The van der Waals surface area contributed by atoms with Gasteiger partial charge in [0, 0.05) is 36.2 Å². The fraction of sp³-hybridized carbons (Fsp3) is 0.276. The number of ketones is 1. The Bertz CT molecular complexity index is 1310. The molecule has 2 aliphatic heterocycles. The number of nitrogens with zero attached hydrogens (tertiary/aromatic N) is 3. The highest BCUT2D eigenvalue weighted by Crippen LogP contribution is 2.42. The zero-order valence-corrected chi connectivity index (χ0v) is 20.5. The molecule has 7 heteroatoms. The van der Waals surface area contributed by atoms with Crippen molar-refractivity contribution in [2.75, 3.05) is 30.0 Å². The molecule has 3 aromatic rings. The number of piperidine rings is 1. The molecule has 3 heterocycles. The predicted molar refractivity (Wildman–Crippen MR) is 139 cm³/mol. The van der Waals surface area contributed by atoms with Crippen molar-refractivity contribution in [3.05, 3.63) is 89.3 Å². The average Bonchev–Trinajstić information content (AvgIpc) is 3.19. The minimum absolute atomic E-state index is 0.0204. The van der Waals surface area contributed by atoms with Gasteiger partial charge in [0.05, 0.1) is 18.4 Å². The maximum atomic E-state index is 13.4. The summed E-state index contributed by atoms with van der Waals surface area (Å²) in [5.74, 6) is -1.02. The van der Waals surface area contributed by atoms with Gasteiger partial charge in [-0.25, -0.2) is 0 Å². The minimum atomic E-state index is -0.853. The van der Waals surface area contributed by atoms with E-state index in [4.69, 9.17) is 4.74 Å². The molecule has 0 radical (unpaired) electrons. The standard InChI is InChI=1S/C29H29N3O4/c1-19-18-22(36-2)13-14-23(19)27(33)25-26(24-8-4-5-15-30-24)32(29(35)28(25)34)21-11-9-20(10-12-21)31-16-6-3-7-17-31/h4-5,8-15,18,26,33H,3,6-7,16-17H2,1-2H3/b27-25-. The lowest BCUT2D eigenvalue weighted by molar-refractivity contribution is -0.132. The van der Waals surface area contributed by atoms with Crippen molar-refractivity contribution in [1.82, 2.24) is 4.98 Å². The number of carbonyl (C=O) groups is 2. The van der Waals surface area contributed by atoms with Crippen molar-refractivity contribution >= 4 is 28.8 Å². The van der Waals surface area contributed by atoms with E-state index in [2.05, 4.69) is 9.88 Å². The van der Waals surface area contributed by atoms with Crippen LogP contribution >= 0.6 is 0 Å². The van der Waals surface area contributed by atoms with Gasteiger partial charge in [0.1, 0.15) is 17.6 Å². The van der Waals surface area contributed by atoms with Crippen LogP contribution in [0.15, 0.2) is 72.4 Å². The van der Waals surface area contributed by atoms with E-state index in [0.29, 0.717) is 22.7 Å². The number of Topliss-reactive ketones (excluding diaryl/α,β-unsaturated/α-hetero) is 1. The number of anilines is 2. The molecule has 0 bridgehead atoms. The van der Waals surface area contributed by atoms with Crippen LogP contribution in [-0.2, 0) is 9.59 Å². The monoisotopic (exact) mass is 483 g/mol. The number of ether oxygens (including phenoxy) is 1. The highest BCUT2D eigenvalue weighted by Gasteiger charge is 2.47. The van der Waals surface area contributed by atoms with E-state index in [1.807, 2.05) is 31.2 Å². The van der Waals surface area contributed by atoms with Crippen molar-refractivity contribution in [3.63, 3.8) is 0 Å². The number of benzene rings is 2. The van der Waals surface area contributed by atoms with E-state index in [1.54, 1.807) is 49.7 Å². The Morgan fingerprint density at radius 2 is 1.69 bits per heavy atom. The summed E-state index contributed by atoms with van der Waals surface area (Å²) in [6.45, 7) is 3.85. The third-order valence-corrected chi connectivity index (χ3v) is 6.95. The van der Waals surface area contributed by atoms with Crippen LogP contribution in [0.3, 0.4) is 0 Å². The maximum absolute atomic E-state index is 13.4. The number of hydrogen-bond donors (Lipinski definition) is 1. The van der Waals surface area contributed by atoms with E-state index in [9.17, 15) is 14.7 Å². The summed E-state index contributed by atoms with van der Waals surface area (Å²) in [6.07, 6.45) is 5.20. The molecule has 1 aromatic heterocycles. The van der Waals surface area contributed by atoms with Gasteiger partial charge in [-0.05, 0) is 86.3 Å². The van der Waals surface area contributed by atoms with E-state index >= 15 is 0 Å². The summed E-state index contributed by atoms with van der Waals surface area (Å²) < 4.78 is 5.27. The van der Waals surface area contributed by atoms with Crippen LogP contribution in [0.1, 0.15) is 42.1 Å². The normalized spacial score (nSPS) is 19.6. The number of aliphatic hydroxyl groups excluding tert-OH is 1. The van der Waals surface area contributed by atoms with Gasteiger partial charge < -0.3 is 14.7 Å². The second kappa shape index (κ2) is 9.85. The zero-order valence-electron chi connectivity index (χ0n) is 20.5. The Kier molecular flexibility index (Phi) is 6.46. The number of methoxy groups -OCH3 is 1. The molecule has 36 heavy (non-hydrogen) atoms. The van der Waals surface area contributed by atoms with Crippen LogP contribution in [0.5, 0.6) is 5.75 Å². The molecule has 5 rings (SSSR count). The van der Waals surface area contributed by atoms with Crippen LogP contribution < -0.4 is 14.5 Å². The van der Waals surface area contributed by atoms with Gasteiger partial charge in [-0.15, -0.1) is 0 Å². The number of aryl methyl sites for hydroxylation is 1. The lowest BCUT2D eigenvalue weighted by Crippen LogP contribution is -2.31. The second-order valence-electron chi connectivity index (χ2n) is 9.17. The van der Waals surface area contributed by atoms with Crippen LogP contribution in [0.25, 0.3) is 5.76 Å². The molecule has 0 spiro atoms. The Labute approximate surface area is 210 Å². The van der Waals surface area contributed by atoms with Crippen molar-refractivity contribution in [2.24, 2.45) is 0 Å². The number of aliphatic hydroxyl groups is 1. The first-order chi connectivity index (χ1) is 17.5. The molecule has 2 fully saturated rings. The second-order valence-corrected chi connectivity index (χ2v) is 9.17. The average molecular weight is 484 g/mol. The molecule has 184 valence electrons. The molecule has 0 aliphatic carbocycles. The van der Waals surface area contributed by atoms with Crippen LogP contribution in [-0.4, -0.2) is 42.0 Å². The summed E-state index contributed by atoms with van der Waals surface area (Å²) in [4.78, 5) is 35.0. The molecule has 1 N–H and O–H groups in total. The molecule has 2 saturated heterocycles. The molecular formula is C29H29N3O4. The first kappa shape index (κ1) is 23.6. The summed E-state index contributed by atoms with van der Waals surface area (Å²) in [6, 6.07) is 17.4. The minimum Gasteiger partial charge on any atom is -0.507 e. The molecule has 2 aliphatic rings. The van der Waals surface area contributed by atoms with E-state index < -0.39 is 17.7 Å². The van der Waals surface area contributed by atoms with Gasteiger partial charge in [0.2, 0.25) is 0 Å². The SMILES string of the molecule is COc1ccc(/C(O)=C2/C(=O)C(=O)N(c3ccc(N4CCCCC4)cc3)C2c2ccccn2)c(C)c1. The Morgan fingerprint density at radius 3 is 2.33 bits per heavy atom. The van der Waals surface area contributed by atoms with Gasteiger partial charge >= 0.3 is 0 Å². The van der Waals surface area contributed by atoms with Gasteiger partial charge in [-0.1, -0.05) is 6.07 Å². The quantitative estimate of drug-likeness (QED) is 0.312. The number of rotatable bonds is 5. The molecular weight excluding hydrogens is 454 g/mol. The van der Waals surface area contributed by atoms with Crippen LogP contribution in [0, 0.1) is 6.92 Å². The van der Waals surface area contributed by atoms with E-state index in [1.165, 1.54) is 24.2 Å². The maximum Gasteiger partial charge on any atom is 0.300 e. The highest BCUT2D eigenvalue weighted by atomic mass is 16.5. The van der Waals surface area contributed by atoms with Gasteiger partial charge in [-0.3, -0.25) is 19.5 Å². The Hall–Kier alpha value is -4.13. The van der Waals surface area contributed by atoms with Crippen LogP contribution in [0.2, 0.25) is 0 Å². The highest BCUT2D eigenvalue weighted by molar-refractivity contribution is 6.51. The summed E-state index contributed by atoms with van der Waals surface area (Å²) in [5, 5.41) is 11.4.